The Hall–Kier alpha value is -1.89. The van der Waals surface area contributed by atoms with E-state index >= 15 is 0 Å². The van der Waals surface area contributed by atoms with Gasteiger partial charge in [-0.25, -0.2) is 0 Å². The Bertz CT molecular complexity index is 496. The summed E-state index contributed by atoms with van der Waals surface area (Å²) in [4.78, 5) is 16.6. The van der Waals surface area contributed by atoms with Crippen molar-refractivity contribution in [3.8, 4) is 6.07 Å². The van der Waals surface area contributed by atoms with Gasteiger partial charge in [0.1, 0.15) is 5.41 Å². The summed E-state index contributed by atoms with van der Waals surface area (Å²) in [6, 6.07) is 5.87. The highest BCUT2D eigenvalue weighted by Gasteiger charge is 2.39. The van der Waals surface area contributed by atoms with E-state index < -0.39 is 5.41 Å². The van der Waals surface area contributed by atoms with Crippen molar-refractivity contribution in [3.05, 3.63) is 24.0 Å². The number of carbonyl (C=O) groups is 1. The number of amides is 1. The number of hydrogen-bond donors (Lipinski definition) is 1. The van der Waals surface area contributed by atoms with E-state index in [1.165, 1.54) is 0 Å². The average Bonchev–Trinajstić information content (AvgIpc) is 2.67. The van der Waals surface area contributed by atoms with Gasteiger partial charge in [-0.05, 0) is 31.9 Å². The average molecular weight is 257 g/mol. The number of nitriles is 1. The number of aromatic nitrogens is 1. The molecular formula is C15H19N3O. The molecule has 0 saturated heterocycles. The zero-order valence-corrected chi connectivity index (χ0v) is 11.3. The van der Waals surface area contributed by atoms with E-state index in [9.17, 15) is 10.1 Å². The van der Waals surface area contributed by atoms with Gasteiger partial charge < -0.3 is 5.32 Å². The fourth-order valence-corrected chi connectivity index (χ4v) is 2.58. The van der Waals surface area contributed by atoms with Gasteiger partial charge in [0, 0.05) is 6.20 Å². The molecule has 1 N–H and O–H groups in total. The van der Waals surface area contributed by atoms with Gasteiger partial charge in [-0.15, -0.1) is 0 Å². The van der Waals surface area contributed by atoms with Crippen molar-refractivity contribution in [2.45, 2.75) is 45.4 Å². The Labute approximate surface area is 113 Å². The van der Waals surface area contributed by atoms with Crippen LogP contribution in [0.3, 0.4) is 0 Å². The van der Waals surface area contributed by atoms with Crippen LogP contribution in [0.15, 0.2) is 18.3 Å². The summed E-state index contributed by atoms with van der Waals surface area (Å²) in [6.45, 7) is 1.85. The molecule has 1 aromatic rings. The van der Waals surface area contributed by atoms with Crippen molar-refractivity contribution in [2.24, 2.45) is 5.41 Å². The number of nitrogens with zero attached hydrogens (tertiary/aromatic N) is 2. The van der Waals surface area contributed by atoms with Gasteiger partial charge in [0.25, 0.3) is 0 Å². The maximum absolute atomic E-state index is 12.5. The van der Waals surface area contributed by atoms with Crippen molar-refractivity contribution in [2.75, 3.05) is 5.32 Å². The number of hydrogen-bond acceptors (Lipinski definition) is 3. The molecule has 0 spiro atoms. The Kier molecular flexibility index (Phi) is 4.16. The number of carbonyl (C=O) groups excluding carboxylic acids is 1. The largest absolute Gasteiger partial charge is 0.323 e. The molecule has 2 rings (SSSR count). The highest BCUT2D eigenvalue weighted by molar-refractivity contribution is 5.97. The van der Waals surface area contributed by atoms with E-state index in [4.69, 9.17) is 0 Å². The molecule has 1 heterocycles. The van der Waals surface area contributed by atoms with Crippen LogP contribution < -0.4 is 5.32 Å². The molecule has 19 heavy (non-hydrogen) atoms. The van der Waals surface area contributed by atoms with Gasteiger partial charge >= 0.3 is 0 Å². The molecule has 1 fully saturated rings. The summed E-state index contributed by atoms with van der Waals surface area (Å²) in [6.07, 6.45) is 7.14. The summed E-state index contributed by atoms with van der Waals surface area (Å²) in [5, 5.41) is 12.3. The third-order valence-electron chi connectivity index (χ3n) is 3.86. The third-order valence-corrected chi connectivity index (χ3v) is 3.86. The molecule has 0 bridgehead atoms. The summed E-state index contributed by atoms with van der Waals surface area (Å²) in [5.74, 6) is -0.173. The molecule has 100 valence electrons. The molecule has 0 aromatic carbocycles. The molecule has 1 aliphatic carbocycles. The third kappa shape index (κ3) is 2.93. The van der Waals surface area contributed by atoms with Crippen molar-refractivity contribution in [3.63, 3.8) is 0 Å². The molecule has 0 unspecified atom stereocenters. The molecule has 0 atom stereocenters. The van der Waals surface area contributed by atoms with Crippen LogP contribution in [-0.2, 0) is 4.79 Å². The van der Waals surface area contributed by atoms with Gasteiger partial charge in [0.15, 0.2) is 0 Å². The number of pyridine rings is 1. The number of anilines is 1. The number of rotatable bonds is 2. The van der Waals surface area contributed by atoms with E-state index in [2.05, 4.69) is 16.4 Å². The first-order valence-corrected chi connectivity index (χ1v) is 6.82. The van der Waals surface area contributed by atoms with Gasteiger partial charge in [0.05, 0.1) is 17.5 Å². The molecule has 4 heteroatoms. The molecule has 4 nitrogen and oxygen atoms in total. The minimum atomic E-state index is -0.862. The highest BCUT2D eigenvalue weighted by atomic mass is 16.2. The molecule has 1 amide bonds. The van der Waals surface area contributed by atoms with Crippen LogP contribution in [0, 0.1) is 23.7 Å². The number of nitrogens with one attached hydrogen (secondary N) is 1. The minimum Gasteiger partial charge on any atom is -0.323 e. The monoisotopic (exact) mass is 257 g/mol. The maximum Gasteiger partial charge on any atom is 0.244 e. The van der Waals surface area contributed by atoms with Crippen LogP contribution in [0.25, 0.3) is 0 Å². The highest BCUT2D eigenvalue weighted by Crippen LogP contribution is 2.35. The van der Waals surface area contributed by atoms with Gasteiger partial charge in [-0.2, -0.15) is 5.26 Å². The molecule has 0 aliphatic heterocycles. The fourth-order valence-electron chi connectivity index (χ4n) is 2.58. The SMILES string of the molecule is Cc1ncccc1NC(=O)C1(C#N)CCCCCC1. The molecule has 1 aromatic heterocycles. The lowest BCUT2D eigenvalue weighted by atomic mass is 9.81. The topological polar surface area (TPSA) is 65.8 Å². The minimum absolute atomic E-state index is 0.173. The maximum atomic E-state index is 12.5. The van der Waals surface area contributed by atoms with Crippen molar-refractivity contribution < 1.29 is 4.79 Å². The van der Waals surface area contributed by atoms with Gasteiger partial charge in [0.2, 0.25) is 5.91 Å². The second-order valence-corrected chi connectivity index (χ2v) is 5.20. The van der Waals surface area contributed by atoms with E-state index in [1.807, 2.05) is 13.0 Å². The van der Waals surface area contributed by atoms with Crippen LogP contribution in [0.4, 0.5) is 5.69 Å². The van der Waals surface area contributed by atoms with Crippen LogP contribution in [0.1, 0.15) is 44.2 Å². The van der Waals surface area contributed by atoms with Crippen LogP contribution in [-0.4, -0.2) is 10.9 Å². The first-order chi connectivity index (χ1) is 9.18. The Balaban J connectivity index is 2.17. The van der Waals surface area contributed by atoms with Crippen molar-refractivity contribution in [1.82, 2.24) is 4.98 Å². The summed E-state index contributed by atoms with van der Waals surface area (Å²) in [7, 11) is 0. The molecular weight excluding hydrogens is 238 g/mol. The number of aryl methyl sites for hydroxylation is 1. The molecule has 0 radical (unpaired) electrons. The van der Waals surface area contributed by atoms with Crippen molar-refractivity contribution in [1.29, 1.82) is 5.26 Å². The van der Waals surface area contributed by atoms with Gasteiger partial charge in [-0.1, -0.05) is 25.7 Å². The quantitative estimate of drug-likeness (QED) is 0.827. The predicted octanol–water partition coefficient (Wildman–Crippen LogP) is 3.19. The lowest BCUT2D eigenvalue weighted by Crippen LogP contribution is -2.34. The summed E-state index contributed by atoms with van der Waals surface area (Å²) in [5.41, 5.74) is 0.614. The van der Waals surface area contributed by atoms with E-state index in [0.29, 0.717) is 18.5 Å². The Morgan fingerprint density at radius 3 is 2.63 bits per heavy atom. The van der Waals surface area contributed by atoms with Gasteiger partial charge in [-0.3, -0.25) is 9.78 Å². The normalized spacial score (nSPS) is 18.1. The van der Waals surface area contributed by atoms with E-state index in [0.717, 1.165) is 31.4 Å². The smallest absolute Gasteiger partial charge is 0.244 e. The Morgan fingerprint density at radius 2 is 2.05 bits per heavy atom. The van der Waals surface area contributed by atoms with Crippen LogP contribution in [0.2, 0.25) is 0 Å². The first-order valence-electron chi connectivity index (χ1n) is 6.82. The fraction of sp³-hybridized carbons (Fsp3) is 0.533. The second kappa shape index (κ2) is 5.83. The first kappa shape index (κ1) is 13.5. The zero-order chi connectivity index (χ0) is 13.7. The molecule has 1 aliphatic rings. The zero-order valence-electron chi connectivity index (χ0n) is 11.3. The summed E-state index contributed by atoms with van der Waals surface area (Å²) >= 11 is 0. The van der Waals surface area contributed by atoms with Crippen LogP contribution in [0.5, 0.6) is 0 Å². The van der Waals surface area contributed by atoms with E-state index in [-0.39, 0.29) is 5.91 Å². The second-order valence-electron chi connectivity index (χ2n) is 5.20. The van der Waals surface area contributed by atoms with E-state index in [1.54, 1.807) is 12.3 Å². The molecule has 1 saturated carbocycles. The predicted molar refractivity (Wildman–Crippen MR) is 73.4 cm³/mol. The standard InChI is InChI=1S/C15H19N3O/c1-12-13(7-6-10-17-12)18-14(19)15(11-16)8-4-2-3-5-9-15/h6-7,10H,2-5,8-9H2,1H3,(H,18,19). The van der Waals surface area contributed by atoms with Crippen molar-refractivity contribution >= 4 is 11.6 Å². The van der Waals surface area contributed by atoms with Crippen LogP contribution >= 0.6 is 0 Å². The lowest BCUT2D eigenvalue weighted by Gasteiger charge is -2.23. The Morgan fingerprint density at radius 1 is 1.37 bits per heavy atom. The summed E-state index contributed by atoms with van der Waals surface area (Å²) < 4.78 is 0. The lowest BCUT2D eigenvalue weighted by molar-refractivity contribution is -0.123.